The number of hydrogen-bond acceptors (Lipinski definition) is 3. The number of hydrogen-bond donors (Lipinski definition) is 2. The Morgan fingerprint density at radius 1 is 1.40 bits per heavy atom. The van der Waals surface area contributed by atoms with Gasteiger partial charge in [-0.2, -0.15) is 5.06 Å². The zero-order valence-corrected chi connectivity index (χ0v) is 9.48. The third-order valence-electron chi connectivity index (χ3n) is 2.70. The van der Waals surface area contributed by atoms with Crippen molar-refractivity contribution in [2.45, 2.75) is 38.8 Å². The van der Waals surface area contributed by atoms with Gasteiger partial charge in [0.25, 0.3) is 0 Å². The van der Waals surface area contributed by atoms with Crippen molar-refractivity contribution in [2.24, 2.45) is 0 Å². The van der Waals surface area contributed by atoms with Gasteiger partial charge in [0.1, 0.15) is 0 Å². The van der Waals surface area contributed by atoms with Gasteiger partial charge >= 0.3 is 5.97 Å². The maximum absolute atomic E-state index is 10.4. The van der Waals surface area contributed by atoms with Crippen LogP contribution in [0.15, 0.2) is 23.8 Å². The normalized spacial score (nSPS) is 24.5. The molecular weight excluding hydrogens is 194 g/mol. The van der Waals surface area contributed by atoms with Crippen LogP contribution in [0.4, 0.5) is 0 Å². The van der Waals surface area contributed by atoms with E-state index in [0.29, 0.717) is 0 Å². The molecule has 0 fully saturated rings. The minimum Gasteiger partial charge on any atom is -0.478 e. The summed E-state index contributed by atoms with van der Waals surface area (Å²) in [6.45, 7) is 7.44. The van der Waals surface area contributed by atoms with Crippen LogP contribution in [0.25, 0.3) is 0 Å². The zero-order chi connectivity index (χ0) is 11.9. The minimum absolute atomic E-state index is 0.471. The van der Waals surface area contributed by atoms with E-state index in [2.05, 4.69) is 0 Å². The largest absolute Gasteiger partial charge is 0.478 e. The number of carboxylic acids is 1. The van der Waals surface area contributed by atoms with Gasteiger partial charge in [-0.25, -0.2) is 4.79 Å². The second-order valence-corrected chi connectivity index (χ2v) is 4.80. The number of carboxylic acid groups (broad SMARTS) is 1. The first-order valence-electron chi connectivity index (χ1n) is 4.81. The van der Waals surface area contributed by atoms with Gasteiger partial charge in [-0.3, -0.25) is 0 Å². The molecule has 1 aliphatic heterocycles. The molecule has 0 aromatic carbocycles. The summed E-state index contributed by atoms with van der Waals surface area (Å²) in [5, 5.41) is 19.7. The summed E-state index contributed by atoms with van der Waals surface area (Å²) in [6.07, 6.45) is 4.48. The van der Waals surface area contributed by atoms with Gasteiger partial charge in [-0.05, 0) is 33.3 Å². The highest BCUT2D eigenvalue weighted by Gasteiger charge is 2.44. The highest BCUT2D eigenvalue weighted by Crippen LogP contribution is 2.38. The van der Waals surface area contributed by atoms with Crippen LogP contribution in [0.1, 0.15) is 27.7 Å². The second kappa shape index (κ2) is 3.47. The van der Waals surface area contributed by atoms with Crippen molar-refractivity contribution >= 4 is 5.97 Å². The fraction of sp³-hybridized carbons (Fsp3) is 0.545. The molecule has 1 rings (SSSR count). The van der Waals surface area contributed by atoms with E-state index in [4.69, 9.17) is 5.11 Å². The van der Waals surface area contributed by atoms with Crippen molar-refractivity contribution in [3.63, 3.8) is 0 Å². The Bertz CT molecular complexity index is 340. The van der Waals surface area contributed by atoms with E-state index in [-0.39, 0.29) is 0 Å². The Hall–Kier alpha value is -1.13. The molecule has 0 spiro atoms. The molecule has 0 amide bonds. The van der Waals surface area contributed by atoms with Crippen LogP contribution >= 0.6 is 0 Å². The average Bonchev–Trinajstić information content (AvgIpc) is 2.23. The lowest BCUT2D eigenvalue weighted by atomic mass is 9.96. The summed E-state index contributed by atoms with van der Waals surface area (Å²) >= 11 is 0. The molecule has 4 heteroatoms. The molecule has 0 unspecified atom stereocenters. The molecule has 0 bridgehead atoms. The average molecular weight is 211 g/mol. The van der Waals surface area contributed by atoms with E-state index in [1.807, 2.05) is 33.8 Å². The van der Waals surface area contributed by atoms with Crippen LogP contribution in [-0.2, 0) is 4.79 Å². The molecule has 0 saturated carbocycles. The van der Waals surface area contributed by atoms with E-state index in [1.54, 1.807) is 0 Å². The summed E-state index contributed by atoms with van der Waals surface area (Å²) in [5.74, 6) is -0.985. The van der Waals surface area contributed by atoms with Gasteiger partial charge in [0.15, 0.2) is 0 Å². The summed E-state index contributed by atoms with van der Waals surface area (Å²) in [6, 6.07) is 0. The van der Waals surface area contributed by atoms with Crippen molar-refractivity contribution in [2.75, 3.05) is 0 Å². The lowest BCUT2D eigenvalue weighted by Gasteiger charge is -2.35. The Morgan fingerprint density at radius 2 is 1.93 bits per heavy atom. The van der Waals surface area contributed by atoms with Crippen LogP contribution < -0.4 is 0 Å². The molecule has 0 saturated heterocycles. The Balaban J connectivity index is 3.04. The van der Waals surface area contributed by atoms with Crippen molar-refractivity contribution in [3.8, 4) is 0 Å². The van der Waals surface area contributed by atoms with E-state index < -0.39 is 17.0 Å². The molecule has 0 aromatic rings. The first-order valence-corrected chi connectivity index (χ1v) is 4.81. The summed E-state index contributed by atoms with van der Waals surface area (Å²) in [5.41, 5.74) is -0.227. The van der Waals surface area contributed by atoms with Gasteiger partial charge < -0.3 is 10.3 Å². The van der Waals surface area contributed by atoms with Crippen molar-refractivity contribution in [1.82, 2.24) is 5.06 Å². The van der Waals surface area contributed by atoms with Crippen LogP contribution in [0.5, 0.6) is 0 Å². The number of aliphatic carboxylic acids is 1. The number of nitrogens with zero attached hydrogens (tertiary/aromatic N) is 1. The molecule has 0 aliphatic carbocycles. The van der Waals surface area contributed by atoms with Crippen LogP contribution in [-0.4, -0.2) is 32.4 Å². The second-order valence-electron chi connectivity index (χ2n) is 4.80. The molecule has 84 valence electrons. The van der Waals surface area contributed by atoms with E-state index in [9.17, 15) is 10.0 Å². The van der Waals surface area contributed by atoms with E-state index in [1.165, 1.54) is 11.1 Å². The van der Waals surface area contributed by atoms with Gasteiger partial charge in [0.2, 0.25) is 0 Å². The standard InChI is InChI=1S/C11H17NO3/c1-10(2)7-8(5-6-9(13)14)11(3,4)12(10)15/h5-7,15H,1-4H3,(H,13,14)/b6-5+. The maximum Gasteiger partial charge on any atom is 0.328 e. The molecule has 1 aliphatic rings. The van der Waals surface area contributed by atoms with E-state index in [0.717, 1.165) is 11.6 Å². The van der Waals surface area contributed by atoms with Gasteiger partial charge in [0, 0.05) is 6.08 Å². The predicted molar refractivity (Wildman–Crippen MR) is 56.6 cm³/mol. The monoisotopic (exact) mass is 211 g/mol. The number of rotatable bonds is 2. The first kappa shape index (κ1) is 11.9. The molecule has 1 heterocycles. The third kappa shape index (κ3) is 2.11. The SMILES string of the molecule is CC1(C)C=C(/C=C/C(=O)O)C(C)(C)N1O. The van der Waals surface area contributed by atoms with Crippen LogP contribution in [0.2, 0.25) is 0 Å². The van der Waals surface area contributed by atoms with Crippen molar-refractivity contribution in [3.05, 3.63) is 23.8 Å². The smallest absolute Gasteiger partial charge is 0.328 e. The fourth-order valence-electron chi connectivity index (χ4n) is 1.87. The third-order valence-corrected chi connectivity index (χ3v) is 2.70. The Labute approximate surface area is 89.5 Å². The zero-order valence-electron chi connectivity index (χ0n) is 9.48. The molecule has 15 heavy (non-hydrogen) atoms. The van der Waals surface area contributed by atoms with Crippen LogP contribution in [0, 0.1) is 0 Å². The van der Waals surface area contributed by atoms with Crippen molar-refractivity contribution < 1.29 is 15.1 Å². The highest BCUT2D eigenvalue weighted by molar-refractivity contribution is 5.80. The number of carbonyl (C=O) groups is 1. The minimum atomic E-state index is -0.985. The molecular formula is C11H17NO3. The van der Waals surface area contributed by atoms with Gasteiger partial charge in [-0.15, -0.1) is 0 Å². The van der Waals surface area contributed by atoms with Crippen LogP contribution in [0.3, 0.4) is 0 Å². The summed E-state index contributed by atoms with van der Waals surface area (Å²) < 4.78 is 0. The quantitative estimate of drug-likeness (QED) is 0.684. The lowest BCUT2D eigenvalue weighted by molar-refractivity contribution is -0.184. The Kier molecular flexibility index (Phi) is 2.76. The van der Waals surface area contributed by atoms with Gasteiger partial charge in [0.05, 0.1) is 11.1 Å². The summed E-state index contributed by atoms with van der Waals surface area (Å²) in [4.78, 5) is 10.4. The van der Waals surface area contributed by atoms with Gasteiger partial charge in [-0.1, -0.05) is 12.2 Å². The van der Waals surface area contributed by atoms with E-state index >= 15 is 0 Å². The first-order chi connectivity index (χ1) is 6.68. The summed E-state index contributed by atoms with van der Waals surface area (Å²) in [7, 11) is 0. The molecule has 0 aromatic heterocycles. The molecule has 2 N–H and O–H groups in total. The maximum atomic E-state index is 10.4. The molecule has 4 nitrogen and oxygen atoms in total. The molecule has 0 atom stereocenters. The lowest BCUT2D eigenvalue weighted by Crippen LogP contribution is -2.47. The molecule has 0 radical (unpaired) electrons. The number of hydroxylamine groups is 2. The fourth-order valence-corrected chi connectivity index (χ4v) is 1.87. The predicted octanol–water partition coefficient (Wildman–Crippen LogP) is 1.82. The topological polar surface area (TPSA) is 60.8 Å². The highest BCUT2D eigenvalue weighted by atomic mass is 16.5. The van der Waals surface area contributed by atoms with Crippen molar-refractivity contribution in [1.29, 1.82) is 0 Å². The Morgan fingerprint density at radius 3 is 2.27 bits per heavy atom.